The van der Waals surface area contributed by atoms with Crippen LogP contribution in [0.25, 0.3) is 0 Å². The van der Waals surface area contributed by atoms with Crippen molar-refractivity contribution in [2.75, 3.05) is 26.4 Å². The Labute approximate surface area is 64.5 Å². The second-order valence-corrected chi connectivity index (χ2v) is 1.59. The first-order chi connectivity index (χ1) is 5.35. The third kappa shape index (κ3) is 5.50. The molecule has 0 saturated carbocycles. The van der Waals surface area contributed by atoms with Crippen molar-refractivity contribution >= 4 is 0 Å². The molecule has 0 spiro atoms. The number of rotatable bonds is 6. The molecule has 0 aliphatic heterocycles. The predicted molar refractivity (Wildman–Crippen MR) is 36.8 cm³/mol. The highest BCUT2D eigenvalue weighted by Crippen LogP contribution is 1.96. The van der Waals surface area contributed by atoms with E-state index in [1.807, 2.05) is 0 Å². The molecule has 0 aromatic rings. The van der Waals surface area contributed by atoms with Crippen LogP contribution in [0.3, 0.4) is 0 Å². The second kappa shape index (κ2) is 7.17. The van der Waals surface area contributed by atoms with E-state index >= 15 is 0 Å². The van der Waals surface area contributed by atoms with Gasteiger partial charge in [-0.3, -0.25) is 0 Å². The first-order valence-electron chi connectivity index (χ1n) is 3.16. The van der Waals surface area contributed by atoms with Gasteiger partial charge in [-0.25, -0.2) is 0 Å². The Morgan fingerprint density at radius 1 is 1.09 bits per heavy atom. The summed E-state index contributed by atoms with van der Waals surface area (Å²) in [6.07, 6.45) is 0.630. The van der Waals surface area contributed by atoms with Crippen LogP contribution < -0.4 is 0 Å². The Bertz CT molecular complexity index is 102. The van der Waals surface area contributed by atoms with Crippen LogP contribution in [-0.2, 0) is 9.47 Å². The third-order valence-corrected chi connectivity index (χ3v) is 0.777. The molecule has 0 aromatic carbocycles. The Morgan fingerprint density at radius 2 is 1.55 bits per heavy atom. The summed E-state index contributed by atoms with van der Waals surface area (Å²) >= 11 is 0. The van der Waals surface area contributed by atoms with Crippen molar-refractivity contribution in [3.05, 3.63) is 12.2 Å². The lowest BCUT2D eigenvalue weighted by molar-refractivity contribution is 0.00228. The fourth-order valence-corrected chi connectivity index (χ4v) is 0.409. The van der Waals surface area contributed by atoms with Crippen molar-refractivity contribution in [1.29, 1.82) is 0 Å². The van der Waals surface area contributed by atoms with E-state index in [2.05, 4.69) is 9.47 Å². The van der Waals surface area contributed by atoms with Gasteiger partial charge in [-0.2, -0.15) is 0 Å². The lowest BCUT2D eigenvalue weighted by Crippen LogP contribution is -2.05. The van der Waals surface area contributed by atoms with Crippen LogP contribution in [0.2, 0.25) is 0 Å². The summed E-state index contributed by atoms with van der Waals surface area (Å²) in [5.74, 6) is -0.104. The van der Waals surface area contributed by atoms with E-state index < -0.39 is 0 Å². The summed E-state index contributed by atoms with van der Waals surface area (Å²) in [6.45, 7) is -0.199. The van der Waals surface area contributed by atoms with E-state index in [0.29, 0.717) is 6.26 Å². The number of aliphatic hydroxyl groups is 3. The van der Waals surface area contributed by atoms with E-state index in [9.17, 15) is 0 Å². The lowest BCUT2D eigenvalue weighted by Gasteiger charge is -2.07. The van der Waals surface area contributed by atoms with Gasteiger partial charge in [0.15, 0.2) is 6.26 Å². The molecule has 3 N–H and O–H groups in total. The van der Waals surface area contributed by atoms with E-state index in [1.54, 1.807) is 0 Å². The van der Waals surface area contributed by atoms with Crippen molar-refractivity contribution in [3.8, 4) is 0 Å². The highest BCUT2D eigenvalue weighted by atomic mass is 16.7. The summed E-state index contributed by atoms with van der Waals surface area (Å²) in [5.41, 5.74) is 0. The van der Waals surface area contributed by atoms with E-state index in [-0.39, 0.29) is 32.4 Å². The van der Waals surface area contributed by atoms with Gasteiger partial charge in [-0.05, 0) is 0 Å². The van der Waals surface area contributed by atoms with Gasteiger partial charge in [-0.1, -0.05) is 0 Å². The summed E-state index contributed by atoms with van der Waals surface area (Å²) in [7, 11) is 0. The van der Waals surface area contributed by atoms with Crippen LogP contribution in [-0.4, -0.2) is 41.7 Å². The standard InChI is InChI=1S/C6H12O5/c7-1-3-10-6(5-9)11-4-2-8/h5,7-9H,1-4H2. The van der Waals surface area contributed by atoms with Crippen molar-refractivity contribution in [1.82, 2.24) is 0 Å². The highest BCUT2D eigenvalue weighted by molar-refractivity contribution is 4.73. The maximum atomic E-state index is 8.40. The maximum absolute atomic E-state index is 8.40. The monoisotopic (exact) mass is 164 g/mol. The molecule has 0 radical (unpaired) electrons. The molecular formula is C6H12O5. The molecule has 0 saturated heterocycles. The first-order valence-corrected chi connectivity index (χ1v) is 3.16. The molecule has 0 aromatic heterocycles. The Balaban J connectivity index is 3.43. The highest BCUT2D eigenvalue weighted by Gasteiger charge is 1.96. The summed E-state index contributed by atoms with van der Waals surface area (Å²) in [4.78, 5) is 0. The SMILES string of the molecule is OC=C(OCCO)OCCO. The molecule has 0 fully saturated rings. The molecule has 0 atom stereocenters. The predicted octanol–water partition coefficient (Wildman–Crippen LogP) is -0.639. The minimum absolute atomic E-state index is 0.0534. The van der Waals surface area contributed by atoms with Gasteiger partial charge < -0.3 is 24.8 Å². The van der Waals surface area contributed by atoms with Crippen molar-refractivity contribution < 1.29 is 24.8 Å². The second-order valence-electron chi connectivity index (χ2n) is 1.59. The molecule has 0 bridgehead atoms. The van der Waals surface area contributed by atoms with Gasteiger partial charge in [0.25, 0.3) is 0 Å². The summed E-state index contributed by atoms with van der Waals surface area (Å²) in [5, 5.41) is 25.0. The molecule has 0 heterocycles. The Hall–Kier alpha value is -0.940. The molecule has 5 nitrogen and oxygen atoms in total. The minimum atomic E-state index is -0.153. The molecule has 0 rings (SSSR count). The van der Waals surface area contributed by atoms with E-state index in [4.69, 9.17) is 15.3 Å². The molecular weight excluding hydrogens is 152 g/mol. The molecule has 0 amide bonds. The van der Waals surface area contributed by atoms with E-state index in [0.717, 1.165) is 0 Å². The van der Waals surface area contributed by atoms with Crippen molar-refractivity contribution in [2.24, 2.45) is 0 Å². The zero-order valence-electron chi connectivity index (χ0n) is 6.06. The van der Waals surface area contributed by atoms with Crippen LogP contribution in [0.4, 0.5) is 0 Å². The zero-order valence-corrected chi connectivity index (χ0v) is 6.06. The maximum Gasteiger partial charge on any atom is 0.315 e. The van der Waals surface area contributed by atoms with Crippen LogP contribution in [0.1, 0.15) is 0 Å². The van der Waals surface area contributed by atoms with Gasteiger partial charge in [-0.15, -0.1) is 0 Å². The zero-order chi connectivity index (χ0) is 8.53. The fraction of sp³-hybridized carbons (Fsp3) is 0.667. The number of aliphatic hydroxyl groups excluding tert-OH is 3. The quantitative estimate of drug-likeness (QED) is 0.455. The van der Waals surface area contributed by atoms with Gasteiger partial charge in [0.05, 0.1) is 13.2 Å². The smallest absolute Gasteiger partial charge is 0.315 e. The lowest BCUT2D eigenvalue weighted by atomic mass is 10.7. The largest absolute Gasteiger partial charge is 0.508 e. The summed E-state index contributed by atoms with van der Waals surface area (Å²) < 4.78 is 9.34. The number of hydrogen-bond donors (Lipinski definition) is 3. The van der Waals surface area contributed by atoms with Crippen molar-refractivity contribution in [2.45, 2.75) is 0 Å². The van der Waals surface area contributed by atoms with Gasteiger partial charge in [0.2, 0.25) is 0 Å². The molecule has 66 valence electrons. The van der Waals surface area contributed by atoms with Gasteiger partial charge >= 0.3 is 5.95 Å². The Kier molecular flexibility index (Phi) is 6.56. The number of ether oxygens (including phenoxy) is 2. The third-order valence-electron chi connectivity index (χ3n) is 0.777. The van der Waals surface area contributed by atoms with Crippen LogP contribution in [0, 0.1) is 0 Å². The topological polar surface area (TPSA) is 79.2 Å². The molecule has 0 unspecified atom stereocenters. The molecule has 0 aliphatic rings. The van der Waals surface area contributed by atoms with Crippen LogP contribution >= 0.6 is 0 Å². The van der Waals surface area contributed by atoms with Gasteiger partial charge in [0.1, 0.15) is 13.2 Å². The summed E-state index contributed by atoms with van der Waals surface area (Å²) in [6, 6.07) is 0. The average Bonchev–Trinajstić information content (AvgIpc) is 2.05. The van der Waals surface area contributed by atoms with Crippen LogP contribution in [0.5, 0.6) is 0 Å². The van der Waals surface area contributed by atoms with Crippen LogP contribution in [0.15, 0.2) is 12.2 Å². The minimum Gasteiger partial charge on any atom is -0.508 e. The normalized spacial score (nSPS) is 8.91. The van der Waals surface area contributed by atoms with Crippen molar-refractivity contribution in [3.63, 3.8) is 0 Å². The van der Waals surface area contributed by atoms with E-state index in [1.165, 1.54) is 0 Å². The average molecular weight is 164 g/mol. The molecule has 11 heavy (non-hydrogen) atoms. The molecule has 5 heteroatoms. The first kappa shape index (κ1) is 10.1. The number of hydrogen-bond acceptors (Lipinski definition) is 5. The molecule has 0 aliphatic carbocycles. The fourth-order valence-electron chi connectivity index (χ4n) is 0.409. The Morgan fingerprint density at radius 3 is 1.82 bits per heavy atom. The van der Waals surface area contributed by atoms with Gasteiger partial charge in [0, 0.05) is 0 Å².